The summed E-state index contributed by atoms with van der Waals surface area (Å²) in [6.07, 6.45) is 3.94. The molecule has 0 saturated heterocycles. The van der Waals surface area contributed by atoms with Crippen molar-refractivity contribution in [3.63, 3.8) is 0 Å². The number of carbonyl (C=O) groups is 1. The number of amides is 1. The number of benzene rings is 2. The summed E-state index contributed by atoms with van der Waals surface area (Å²) >= 11 is 11.8. The predicted octanol–water partition coefficient (Wildman–Crippen LogP) is 5.46. The van der Waals surface area contributed by atoms with Crippen LogP contribution in [0.15, 0.2) is 71.4 Å². The monoisotopic (exact) mass is 440 g/mol. The highest BCUT2D eigenvalue weighted by Gasteiger charge is 2.11. The van der Waals surface area contributed by atoms with Gasteiger partial charge in [0.05, 0.1) is 18.9 Å². The van der Waals surface area contributed by atoms with Gasteiger partial charge in [0, 0.05) is 34.5 Å². The van der Waals surface area contributed by atoms with E-state index in [2.05, 4.69) is 15.4 Å². The zero-order chi connectivity index (χ0) is 20.9. The number of nitrogens with zero attached hydrogens (tertiary/aromatic N) is 3. The molecule has 30 heavy (non-hydrogen) atoms. The molecule has 4 rings (SSSR count). The third kappa shape index (κ3) is 5.09. The van der Waals surface area contributed by atoms with Gasteiger partial charge < -0.3 is 9.73 Å². The number of oxazole rings is 1. The van der Waals surface area contributed by atoms with Crippen LogP contribution >= 0.6 is 23.2 Å². The molecule has 1 N–H and O–H groups in total. The normalized spacial score (nSPS) is 10.9. The van der Waals surface area contributed by atoms with Crippen LogP contribution in [-0.4, -0.2) is 20.7 Å². The summed E-state index contributed by atoms with van der Waals surface area (Å²) in [5, 5.41) is 8.50. The molecule has 0 saturated carbocycles. The third-order valence-corrected chi connectivity index (χ3v) is 4.98. The van der Waals surface area contributed by atoms with Gasteiger partial charge in [0.2, 0.25) is 5.91 Å². The molecule has 6 nitrogen and oxygen atoms in total. The lowest BCUT2D eigenvalue weighted by atomic mass is 10.2. The van der Waals surface area contributed by atoms with Crippen molar-refractivity contribution < 1.29 is 9.21 Å². The fourth-order valence-electron chi connectivity index (χ4n) is 2.93. The lowest BCUT2D eigenvalue weighted by Crippen LogP contribution is -2.16. The van der Waals surface area contributed by atoms with Gasteiger partial charge in [-0.05, 0) is 42.0 Å². The van der Waals surface area contributed by atoms with E-state index in [0.717, 1.165) is 11.1 Å². The molecule has 0 aliphatic carbocycles. The molecule has 4 aromatic rings. The van der Waals surface area contributed by atoms with E-state index in [9.17, 15) is 4.79 Å². The van der Waals surface area contributed by atoms with E-state index in [1.165, 1.54) is 0 Å². The molecule has 0 spiro atoms. The van der Waals surface area contributed by atoms with Gasteiger partial charge in [-0.1, -0.05) is 35.3 Å². The first kappa shape index (κ1) is 20.2. The van der Waals surface area contributed by atoms with Crippen molar-refractivity contribution in [2.75, 3.05) is 5.32 Å². The van der Waals surface area contributed by atoms with E-state index >= 15 is 0 Å². The number of nitrogens with one attached hydrogen (secondary N) is 1. The Hall–Kier alpha value is -3.09. The summed E-state index contributed by atoms with van der Waals surface area (Å²) in [5.74, 6) is 1.64. The van der Waals surface area contributed by atoms with Gasteiger partial charge in [0.15, 0.2) is 11.7 Å². The van der Waals surface area contributed by atoms with E-state index in [1.54, 1.807) is 35.3 Å². The summed E-state index contributed by atoms with van der Waals surface area (Å²) in [5.41, 5.74) is 1.92. The number of hydrogen-bond acceptors (Lipinski definition) is 4. The lowest BCUT2D eigenvalue weighted by Gasteiger charge is -2.09. The van der Waals surface area contributed by atoms with Gasteiger partial charge in [-0.25, -0.2) is 9.67 Å². The van der Waals surface area contributed by atoms with E-state index in [-0.39, 0.29) is 12.3 Å². The van der Waals surface area contributed by atoms with Gasteiger partial charge in [0.1, 0.15) is 5.82 Å². The van der Waals surface area contributed by atoms with Crippen molar-refractivity contribution in [2.24, 2.45) is 0 Å². The molecule has 2 aromatic heterocycles. The molecule has 8 heteroatoms. The number of halogens is 2. The number of aryl methyl sites for hydroxylation is 1. The van der Waals surface area contributed by atoms with Crippen LogP contribution in [0.5, 0.6) is 0 Å². The molecular weight excluding hydrogens is 423 g/mol. The first-order valence-corrected chi connectivity index (χ1v) is 10.1. The molecule has 2 heterocycles. The average molecular weight is 441 g/mol. The summed E-state index contributed by atoms with van der Waals surface area (Å²) in [4.78, 5) is 16.7. The third-order valence-electron chi connectivity index (χ3n) is 4.48. The molecule has 2 aromatic carbocycles. The minimum atomic E-state index is -0.140. The Kier molecular flexibility index (Phi) is 6.16. The van der Waals surface area contributed by atoms with Crippen molar-refractivity contribution in [1.82, 2.24) is 14.8 Å². The molecule has 0 aliphatic rings. The molecule has 152 valence electrons. The maximum atomic E-state index is 12.4. The standard InChI is InChI=1S/C22H18Cl2N4O2/c23-17-5-1-15(2-6-17)14-28-20(11-12-26-28)27-21(29)9-10-22-25-13-19(30-22)16-3-7-18(24)8-4-16/h1-8,11-13H,9-10,14H2,(H,27,29). The molecule has 1 amide bonds. The smallest absolute Gasteiger partial charge is 0.226 e. The number of hydrogen-bond donors (Lipinski definition) is 1. The van der Waals surface area contributed by atoms with E-state index < -0.39 is 0 Å². The fourth-order valence-corrected chi connectivity index (χ4v) is 3.18. The van der Waals surface area contributed by atoms with Crippen molar-refractivity contribution in [1.29, 1.82) is 0 Å². The van der Waals surface area contributed by atoms with Crippen LogP contribution in [0.25, 0.3) is 11.3 Å². The summed E-state index contributed by atoms with van der Waals surface area (Å²) in [7, 11) is 0. The van der Waals surface area contributed by atoms with Crippen LogP contribution < -0.4 is 5.32 Å². The Morgan fingerprint density at radius 1 is 1.00 bits per heavy atom. The van der Waals surface area contributed by atoms with Gasteiger partial charge in [0.25, 0.3) is 0 Å². The minimum absolute atomic E-state index is 0.140. The van der Waals surface area contributed by atoms with Crippen LogP contribution in [0.4, 0.5) is 5.82 Å². The second-order valence-corrected chi connectivity index (χ2v) is 7.55. The Morgan fingerprint density at radius 3 is 2.43 bits per heavy atom. The zero-order valence-corrected chi connectivity index (χ0v) is 17.4. The zero-order valence-electron chi connectivity index (χ0n) is 15.9. The highest BCUT2D eigenvalue weighted by molar-refractivity contribution is 6.30. The number of anilines is 1. The number of aromatic nitrogens is 3. The van der Waals surface area contributed by atoms with Crippen LogP contribution in [0.2, 0.25) is 10.0 Å². The van der Waals surface area contributed by atoms with Crippen LogP contribution in [-0.2, 0) is 17.8 Å². The van der Waals surface area contributed by atoms with E-state index in [0.29, 0.717) is 40.5 Å². The summed E-state index contributed by atoms with van der Waals surface area (Å²) in [6.45, 7) is 0.532. The number of carbonyl (C=O) groups excluding carboxylic acids is 1. The predicted molar refractivity (Wildman–Crippen MR) is 117 cm³/mol. The first-order chi connectivity index (χ1) is 14.6. The van der Waals surface area contributed by atoms with Crippen LogP contribution in [0.1, 0.15) is 17.9 Å². The molecule has 0 bridgehead atoms. The van der Waals surface area contributed by atoms with Crippen LogP contribution in [0.3, 0.4) is 0 Å². The molecule has 0 unspecified atom stereocenters. The van der Waals surface area contributed by atoms with Crippen molar-refractivity contribution in [3.8, 4) is 11.3 Å². The number of rotatable bonds is 7. The van der Waals surface area contributed by atoms with Gasteiger partial charge >= 0.3 is 0 Å². The average Bonchev–Trinajstić information content (AvgIpc) is 3.39. The van der Waals surface area contributed by atoms with Crippen molar-refractivity contribution in [2.45, 2.75) is 19.4 Å². The Balaban J connectivity index is 1.33. The SMILES string of the molecule is O=C(CCc1ncc(-c2ccc(Cl)cc2)o1)Nc1ccnn1Cc1ccc(Cl)cc1. The Morgan fingerprint density at radius 2 is 1.70 bits per heavy atom. The largest absolute Gasteiger partial charge is 0.441 e. The quantitative estimate of drug-likeness (QED) is 0.413. The van der Waals surface area contributed by atoms with Crippen molar-refractivity contribution >= 4 is 34.9 Å². The highest BCUT2D eigenvalue weighted by atomic mass is 35.5. The minimum Gasteiger partial charge on any atom is -0.441 e. The topological polar surface area (TPSA) is 73.0 Å². The maximum Gasteiger partial charge on any atom is 0.226 e. The highest BCUT2D eigenvalue weighted by Crippen LogP contribution is 2.23. The van der Waals surface area contributed by atoms with Gasteiger partial charge in [-0.3, -0.25) is 4.79 Å². The summed E-state index contributed by atoms with van der Waals surface area (Å²) in [6, 6.07) is 16.6. The summed E-state index contributed by atoms with van der Waals surface area (Å²) < 4.78 is 7.47. The van der Waals surface area contributed by atoms with Crippen molar-refractivity contribution in [3.05, 3.63) is 88.5 Å². The Labute approximate surface area is 183 Å². The van der Waals surface area contributed by atoms with Crippen LogP contribution in [0, 0.1) is 0 Å². The van der Waals surface area contributed by atoms with E-state index in [4.69, 9.17) is 27.6 Å². The first-order valence-electron chi connectivity index (χ1n) is 9.33. The molecule has 0 radical (unpaired) electrons. The molecule has 0 aliphatic heterocycles. The maximum absolute atomic E-state index is 12.4. The van der Waals surface area contributed by atoms with Gasteiger partial charge in [-0.15, -0.1) is 0 Å². The second kappa shape index (κ2) is 9.15. The Bertz CT molecular complexity index is 1130. The van der Waals surface area contributed by atoms with E-state index in [1.807, 2.05) is 36.4 Å². The lowest BCUT2D eigenvalue weighted by molar-refractivity contribution is -0.116. The molecule has 0 atom stereocenters. The molecular formula is C22H18Cl2N4O2. The second-order valence-electron chi connectivity index (χ2n) is 6.67. The fraction of sp³-hybridized carbons (Fsp3) is 0.136. The molecule has 0 fully saturated rings. The van der Waals surface area contributed by atoms with Gasteiger partial charge in [-0.2, -0.15) is 5.10 Å².